The second-order valence-corrected chi connectivity index (χ2v) is 6.01. The molecule has 126 valence electrons. The summed E-state index contributed by atoms with van der Waals surface area (Å²) in [5, 5.41) is 3.93. The van der Waals surface area contributed by atoms with Crippen molar-refractivity contribution in [1.82, 2.24) is 15.0 Å². The molecule has 0 aliphatic carbocycles. The third-order valence-corrected chi connectivity index (χ3v) is 4.30. The van der Waals surface area contributed by atoms with E-state index in [-0.39, 0.29) is 11.7 Å². The summed E-state index contributed by atoms with van der Waals surface area (Å²) in [5.41, 5.74) is 2.07. The van der Waals surface area contributed by atoms with Crippen LogP contribution in [0.5, 0.6) is 0 Å². The molecule has 25 heavy (non-hydrogen) atoms. The highest BCUT2D eigenvalue weighted by molar-refractivity contribution is 5.94. The van der Waals surface area contributed by atoms with Gasteiger partial charge >= 0.3 is 0 Å². The van der Waals surface area contributed by atoms with Crippen LogP contribution in [0.25, 0.3) is 22.8 Å². The second-order valence-electron chi connectivity index (χ2n) is 6.01. The molecule has 0 radical (unpaired) electrons. The van der Waals surface area contributed by atoms with Gasteiger partial charge in [0.15, 0.2) is 0 Å². The second kappa shape index (κ2) is 6.47. The van der Waals surface area contributed by atoms with Crippen LogP contribution in [0.4, 0.5) is 4.39 Å². The van der Waals surface area contributed by atoms with Crippen LogP contribution in [0.3, 0.4) is 0 Å². The van der Waals surface area contributed by atoms with Gasteiger partial charge in [0.2, 0.25) is 5.82 Å². The molecule has 0 bridgehead atoms. The Bertz CT molecular complexity index is 882. The molecule has 1 aliphatic heterocycles. The lowest BCUT2D eigenvalue weighted by atomic mass is 10.1. The third-order valence-electron chi connectivity index (χ3n) is 4.30. The summed E-state index contributed by atoms with van der Waals surface area (Å²) in [5.74, 6) is 0.499. The van der Waals surface area contributed by atoms with Crippen LogP contribution in [0.1, 0.15) is 23.2 Å². The summed E-state index contributed by atoms with van der Waals surface area (Å²) in [4.78, 5) is 18.6. The minimum atomic E-state index is -0.314. The molecule has 4 rings (SSSR count). The molecule has 1 saturated heterocycles. The van der Waals surface area contributed by atoms with Crippen molar-refractivity contribution in [2.24, 2.45) is 0 Å². The molecule has 0 unspecified atom stereocenters. The van der Waals surface area contributed by atoms with Crippen molar-refractivity contribution < 1.29 is 13.7 Å². The van der Waals surface area contributed by atoms with Gasteiger partial charge in [0, 0.05) is 29.8 Å². The van der Waals surface area contributed by atoms with Crippen molar-refractivity contribution >= 4 is 5.91 Å². The minimum Gasteiger partial charge on any atom is -0.339 e. The first-order valence-electron chi connectivity index (χ1n) is 8.20. The third kappa shape index (κ3) is 3.15. The average Bonchev–Trinajstić information content (AvgIpc) is 3.34. The summed E-state index contributed by atoms with van der Waals surface area (Å²) in [6, 6.07) is 13.0. The van der Waals surface area contributed by atoms with E-state index in [1.54, 1.807) is 36.4 Å². The van der Waals surface area contributed by atoms with Gasteiger partial charge in [-0.3, -0.25) is 4.79 Å². The highest BCUT2D eigenvalue weighted by atomic mass is 19.1. The van der Waals surface area contributed by atoms with Crippen molar-refractivity contribution in [2.75, 3.05) is 13.1 Å². The van der Waals surface area contributed by atoms with Crippen molar-refractivity contribution in [3.8, 4) is 22.8 Å². The molecule has 5 nitrogen and oxygen atoms in total. The Kier molecular flexibility index (Phi) is 4.01. The largest absolute Gasteiger partial charge is 0.339 e. The molecule has 1 aromatic heterocycles. The summed E-state index contributed by atoms with van der Waals surface area (Å²) in [6.45, 7) is 1.65. The maximum atomic E-state index is 13.0. The van der Waals surface area contributed by atoms with Crippen molar-refractivity contribution in [3.05, 3.63) is 59.9 Å². The van der Waals surface area contributed by atoms with Gasteiger partial charge in [-0.1, -0.05) is 5.16 Å². The van der Waals surface area contributed by atoms with Gasteiger partial charge in [0.25, 0.3) is 11.8 Å². The van der Waals surface area contributed by atoms with E-state index in [1.807, 2.05) is 4.90 Å². The summed E-state index contributed by atoms with van der Waals surface area (Å²) in [6.07, 6.45) is 2.13. The first kappa shape index (κ1) is 15.5. The van der Waals surface area contributed by atoms with Gasteiger partial charge in [0.05, 0.1) is 0 Å². The smallest absolute Gasteiger partial charge is 0.258 e. The van der Waals surface area contributed by atoms with Crippen LogP contribution in [-0.2, 0) is 0 Å². The predicted molar refractivity (Wildman–Crippen MR) is 90.3 cm³/mol. The van der Waals surface area contributed by atoms with Crippen molar-refractivity contribution in [1.29, 1.82) is 0 Å². The lowest BCUT2D eigenvalue weighted by Crippen LogP contribution is -2.27. The molecule has 0 atom stereocenters. The molecule has 0 spiro atoms. The standard InChI is InChI=1S/C19H16FN3O2/c20-16-9-7-13(8-10-16)17-21-18(25-22-17)14-3-5-15(6-4-14)19(24)23-11-1-2-12-23/h3-10H,1-2,11-12H2. The van der Waals surface area contributed by atoms with Crippen LogP contribution in [0.2, 0.25) is 0 Å². The highest BCUT2D eigenvalue weighted by Gasteiger charge is 2.19. The number of likely N-dealkylation sites (tertiary alicyclic amines) is 1. The lowest BCUT2D eigenvalue weighted by Gasteiger charge is -2.14. The van der Waals surface area contributed by atoms with E-state index in [4.69, 9.17) is 4.52 Å². The lowest BCUT2D eigenvalue weighted by molar-refractivity contribution is 0.0793. The number of carbonyl (C=O) groups is 1. The molecule has 3 aromatic rings. The van der Waals surface area contributed by atoms with Gasteiger partial charge in [0.1, 0.15) is 5.82 Å². The summed E-state index contributed by atoms with van der Waals surface area (Å²) >= 11 is 0. The van der Waals surface area contributed by atoms with Crippen LogP contribution in [-0.4, -0.2) is 34.0 Å². The van der Waals surface area contributed by atoms with Crippen molar-refractivity contribution in [2.45, 2.75) is 12.8 Å². The number of carbonyl (C=O) groups excluding carboxylic acids is 1. The first-order valence-corrected chi connectivity index (χ1v) is 8.20. The zero-order chi connectivity index (χ0) is 17.2. The van der Waals surface area contributed by atoms with Gasteiger partial charge in [-0.15, -0.1) is 0 Å². The maximum absolute atomic E-state index is 13.0. The van der Waals surface area contributed by atoms with E-state index >= 15 is 0 Å². The van der Waals surface area contributed by atoms with Crippen LogP contribution >= 0.6 is 0 Å². The topological polar surface area (TPSA) is 59.2 Å². The number of aromatic nitrogens is 2. The van der Waals surface area contributed by atoms with E-state index < -0.39 is 0 Å². The zero-order valence-electron chi connectivity index (χ0n) is 13.5. The Morgan fingerprint density at radius 1 is 0.960 bits per heavy atom. The number of benzene rings is 2. The monoisotopic (exact) mass is 337 g/mol. The number of nitrogens with zero attached hydrogens (tertiary/aromatic N) is 3. The SMILES string of the molecule is O=C(c1ccc(-c2nc(-c3ccc(F)cc3)no2)cc1)N1CCCC1. The molecule has 1 fully saturated rings. The average molecular weight is 337 g/mol. The Balaban J connectivity index is 1.54. The van der Waals surface area contributed by atoms with Gasteiger partial charge in [-0.25, -0.2) is 4.39 Å². The number of amides is 1. The maximum Gasteiger partial charge on any atom is 0.258 e. The van der Waals surface area contributed by atoms with Crippen LogP contribution in [0.15, 0.2) is 53.1 Å². The summed E-state index contributed by atoms with van der Waals surface area (Å²) in [7, 11) is 0. The Morgan fingerprint density at radius 2 is 1.60 bits per heavy atom. The molecular formula is C19H16FN3O2. The fourth-order valence-electron chi connectivity index (χ4n) is 2.92. The highest BCUT2D eigenvalue weighted by Crippen LogP contribution is 2.23. The number of halogens is 1. The molecule has 2 aromatic carbocycles. The Labute approximate surface area is 144 Å². The fourth-order valence-corrected chi connectivity index (χ4v) is 2.92. The zero-order valence-corrected chi connectivity index (χ0v) is 13.5. The molecule has 0 saturated carbocycles. The first-order chi connectivity index (χ1) is 12.2. The van der Waals surface area contributed by atoms with E-state index in [1.165, 1.54) is 12.1 Å². The quantitative estimate of drug-likeness (QED) is 0.730. The molecule has 2 heterocycles. The fraction of sp³-hybridized carbons (Fsp3) is 0.211. The van der Waals surface area contributed by atoms with Crippen LogP contribution < -0.4 is 0 Å². The van der Waals surface area contributed by atoms with E-state index in [0.717, 1.165) is 31.5 Å². The number of hydrogen-bond donors (Lipinski definition) is 0. The van der Waals surface area contributed by atoms with Crippen LogP contribution in [0, 0.1) is 5.82 Å². The van der Waals surface area contributed by atoms with Gasteiger partial charge in [-0.2, -0.15) is 4.98 Å². The minimum absolute atomic E-state index is 0.0570. The normalized spacial score (nSPS) is 14.0. The van der Waals surface area contributed by atoms with E-state index in [0.29, 0.717) is 22.8 Å². The van der Waals surface area contributed by atoms with Gasteiger partial charge in [-0.05, 0) is 61.4 Å². The molecule has 1 amide bonds. The number of hydrogen-bond acceptors (Lipinski definition) is 4. The number of rotatable bonds is 3. The molecular weight excluding hydrogens is 321 g/mol. The molecule has 6 heteroatoms. The van der Waals surface area contributed by atoms with E-state index in [2.05, 4.69) is 10.1 Å². The molecule has 0 N–H and O–H groups in total. The molecule has 1 aliphatic rings. The Morgan fingerprint density at radius 3 is 2.28 bits per heavy atom. The van der Waals surface area contributed by atoms with E-state index in [9.17, 15) is 9.18 Å². The van der Waals surface area contributed by atoms with Crippen molar-refractivity contribution in [3.63, 3.8) is 0 Å². The predicted octanol–water partition coefficient (Wildman–Crippen LogP) is 3.78. The summed E-state index contributed by atoms with van der Waals surface area (Å²) < 4.78 is 18.3. The Hall–Kier alpha value is -3.02. The van der Waals surface area contributed by atoms with Gasteiger partial charge < -0.3 is 9.42 Å².